The van der Waals surface area contributed by atoms with Crippen molar-refractivity contribution in [2.24, 2.45) is 0 Å². The molecule has 3 rings (SSSR count). The molecule has 1 aromatic heterocycles. The van der Waals surface area contributed by atoms with Crippen LogP contribution in [0.25, 0.3) is 11.3 Å². The molecule has 0 radical (unpaired) electrons. The molecule has 2 aromatic carbocycles. The van der Waals surface area contributed by atoms with Gasteiger partial charge >= 0.3 is 6.18 Å². The zero-order valence-corrected chi connectivity index (χ0v) is 13.8. The zero-order valence-electron chi connectivity index (χ0n) is 13.0. The predicted octanol–water partition coefficient (Wildman–Crippen LogP) is 6.03. The van der Waals surface area contributed by atoms with E-state index in [2.05, 4.69) is 10.3 Å². The summed E-state index contributed by atoms with van der Waals surface area (Å²) in [6, 6.07) is 17.3. The van der Waals surface area contributed by atoms with Crippen LogP contribution in [0.3, 0.4) is 0 Å². The Kier molecular flexibility index (Phi) is 4.95. The molecule has 0 atom stereocenters. The number of hydrogen-bond donors (Lipinski definition) is 1. The van der Waals surface area contributed by atoms with Gasteiger partial charge in [0.2, 0.25) is 0 Å². The number of pyridine rings is 1. The molecule has 0 bridgehead atoms. The van der Waals surface area contributed by atoms with Crippen molar-refractivity contribution in [1.29, 1.82) is 0 Å². The van der Waals surface area contributed by atoms with E-state index in [1.807, 2.05) is 48.5 Å². The molecular weight excluding hydrogens is 349 g/mol. The quantitative estimate of drug-likeness (QED) is 0.612. The monoisotopic (exact) mass is 362 g/mol. The van der Waals surface area contributed by atoms with Gasteiger partial charge in [0.05, 0.1) is 22.0 Å². The Bertz CT molecular complexity index is 844. The molecule has 0 saturated heterocycles. The van der Waals surface area contributed by atoms with Gasteiger partial charge in [-0.1, -0.05) is 48.0 Å². The van der Waals surface area contributed by atoms with Crippen LogP contribution in [-0.2, 0) is 12.7 Å². The van der Waals surface area contributed by atoms with Crippen molar-refractivity contribution in [3.8, 4) is 11.3 Å². The summed E-state index contributed by atoms with van der Waals surface area (Å²) in [5.41, 5.74) is 2.37. The molecule has 0 amide bonds. The highest BCUT2D eigenvalue weighted by Gasteiger charge is 2.30. The molecule has 1 N–H and O–H groups in total. The lowest BCUT2D eigenvalue weighted by molar-refractivity contribution is -0.137. The van der Waals surface area contributed by atoms with E-state index < -0.39 is 11.7 Å². The Morgan fingerprint density at radius 2 is 1.64 bits per heavy atom. The average molecular weight is 363 g/mol. The molecule has 0 aliphatic rings. The van der Waals surface area contributed by atoms with Gasteiger partial charge in [-0.15, -0.1) is 0 Å². The Labute approximate surface area is 148 Å². The van der Waals surface area contributed by atoms with Crippen molar-refractivity contribution < 1.29 is 13.2 Å². The van der Waals surface area contributed by atoms with Gasteiger partial charge in [-0.3, -0.25) is 4.98 Å². The predicted molar refractivity (Wildman–Crippen MR) is 93.5 cm³/mol. The van der Waals surface area contributed by atoms with E-state index in [0.29, 0.717) is 17.3 Å². The zero-order chi connectivity index (χ0) is 17.9. The van der Waals surface area contributed by atoms with Crippen LogP contribution in [0.4, 0.5) is 18.9 Å². The highest BCUT2D eigenvalue weighted by atomic mass is 35.5. The number of halogens is 4. The van der Waals surface area contributed by atoms with Gasteiger partial charge in [-0.25, -0.2) is 0 Å². The van der Waals surface area contributed by atoms with E-state index in [1.54, 1.807) is 0 Å². The molecule has 0 aliphatic heterocycles. The summed E-state index contributed by atoms with van der Waals surface area (Å²) in [6.45, 7) is 0.588. The smallest absolute Gasteiger partial charge is 0.380 e. The van der Waals surface area contributed by atoms with Crippen LogP contribution in [0, 0.1) is 0 Å². The summed E-state index contributed by atoms with van der Waals surface area (Å²) in [7, 11) is 0. The first-order valence-corrected chi connectivity index (χ1v) is 7.92. The van der Waals surface area contributed by atoms with Gasteiger partial charge in [0.1, 0.15) is 0 Å². The summed E-state index contributed by atoms with van der Waals surface area (Å²) in [5.74, 6) is 0. The van der Waals surface area contributed by atoms with E-state index in [-0.39, 0.29) is 0 Å². The number of hydrogen-bond acceptors (Lipinski definition) is 2. The largest absolute Gasteiger partial charge is 0.417 e. The Morgan fingerprint density at radius 1 is 0.920 bits per heavy atom. The fourth-order valence-corrected chi connectivity index (χ4v) is 2.53. The minimum Gasteiger partial charge on any atom is -0.380 e. The molecule has 25 heavy (non-hydrogen) atoms. The maximum absolute atomic E-state index is 12.6. The van der Waals surface area contributed by atoms with Crippen LogP contribution in [-0.4, -0.2) is 4.98 Å². The van der Waals surface area contributed by atoms with Crippen LogP contribution < -0.4 is 5.32 Å². The van der Waals surface area contributed by atoms with Crippen LogP contribution >= 0.6 is 11.6 Å². The first-order chi connectivity index (χ1) is 11.9. The van der Waals surface area contributed by atoms with Gasteiger partial charge in [0.25, 0.3) is 0 Å². The molecule has 0 aliphatic carbocycles. The third-order valence-electron chi connectivity index (χ3n) is 3.70. The van der Waals surface area contributed by atoms with E-state index in [1.165, 1.54) is 6.07 Å². The van der Waals surface area contributed by atoms with Gasteiger partial charge in [0.15, 0.2) is 0 Å². The Hall–Kier alpha value is -2.53. The average Bonchev–Trinajstić information content (AvgIpc) is 2.61. The van der Waals surface area contributed by atoms with Gasteiger partial charge in [-0.05, 0) is 29.8 Å². The van der Waals surface area contributed by atoms with Gasteiger partial charge < -0.3 is 5.32 Å². The normalized spacial score (nSPS) is 11.4. The Morgan fingerprint density at radius 3 is 2.24 bits per heavy atom. The van der Waals surface area contributed by atoms with Crippen molar-refractivity contribution in [2.45, 2.75) is 12.7 Å². The van der Waals surface area contributed by atoms with E-state index in [9.17, 15) is 13.2 Å². The lowest BCUT2D eigenvalue weighted by Crippen LogP contribution is -2.05. The molecule has 2 nitrogen and oxygen atoms in total. The third-order valence-corrected chi connectivity index (χ3v) is 4.03. The number of aromatic nitrogens is 1. The molecule has 6 heteroatoms. The molecule has 0 unspecified atom stereocenters. The maximum Gasteiger partial charge on any atom is 0.417 e. The number of para-hydroxylation sites is 1. The number of rotatable bonds is 4. The second-order valence-electron chi connectivity index (χ2n) is 5.46. The molecular formula is C19H14ClF3N2. The molecule has 3 aromatic rings. The van der Waals surface area contributed by atoms with Crippen molar-refractivity contribution >= 4 is 17.3 Å². The number of benzene rings is 2. The van der Waals surface area contributed by atoms with Crippen molar-refractivity contribution in [1.82, 2.24) is 4.98 Å². The summed E-state index contributed by atoms with van der Waals surface area (Å²) < 4.78 is 37.7. The highest BCUT2D eigenvalue weighted by molar-refractivity contribution is 6.33. The van der Waals surface area contributed by atoms with E-state index >= 15 is 0 Å². The first kappa shape index (κ1) is 17.3. The summed E-state index contributed by atoms with van der Waals surface area (Å²) in [4.78, 5) is 3.90. The SMILES string of the molecule is FC(F)(F)c1ccc(-c2ccc(CNc3ccccc3Cl)cc2)nc1. The standard InChI is InChI=1S/C19H14ClF3N2/c20-16-3-1-2-4-18(16)24-11-13-5-7-14(8-6-13)17-10-9-15(12-25-17)19(21,22)23/h1-10,12,24H,11H2. The summed E-state index contributed by atoms with van der Waals surface area (Å²) in [5, 5.41) is 3.89. The number of alkyl halides is 3. The van der Waals surface area contributed by atoms with Gasteiger partial charge in [0, 0.05) is 18.3 Å². The molecule has 0 saturated carbocycles. The lowest BCUT2D eigenvalue weighted by Gasteiger charge is -2.09. The first-order valence-electron chi connectivity index (χ1n) is 7.54. The minimum atomic E-state index is -4.38. The second-order valence-corrected chi connectivity index (χ2v) is 5.87. The van der Waals surface area contributed by atoms with E-state index in [0.717, 1.165) is 29.1 Å². The maximum atomic E-state index is 12.6. The molecule has 1 heterocycles. The van der Waals surface area contributed by atoms with E-state index in [4.69, 9.17) is 11.6 Å². The summed E-state index contributed by atoms with van der Waals surface area (Å²) >= 11 is 6.09. The highest BCUT2D eigenvalue weighted by Crippen LogP contribution is 2.29. The number of nitrogens with one attached hydrogen (secondary N) is 1. The molecule has 128 valence electrons. The number of nitrogens with zero attached hydrogens (tertiary/aromatic N) is 1. The lowest BCUT2D eigenvalue weighted by atomic mass is 10.1. The fraction of sp³-hybridized carbons (Fsp3) is 0.105. The Balaban J connectivity index is 1.69. The minimum absolute atomic E-state index is 0.499. The van der Waals surface area contributed by atoms with Crippen LogP contribution in [0.5, 0.6) is 0 Å². The fourth-order valence-electron chi connectivity index (χ4n) is 2.33. The third kappa shape index (κ3) is 4.31. The topological polar surface area (TPSA) is 24.9 Å². The van der Waals surface area contributed by atoms with Crippen LogP contribution in [0.2, 0.25) is 5.02 Å². The molecule has 0 spiro atoms. The van der Waals surface area contributed by atoms with Crippen molar-refractivity contribution in [3.05, 3.63) is 83.0 Å². The van der Waals surface area contributed by atoms with Crippen LogP contribution in [0.1, 0.15) is 11.1 Å². The number of anilines is 1. The second kappa shape index (κ2) is 7.15. The summed E-state index contributed by atoms with van der Waals surface area (Å²) in [6.07, 6.45) is -3.53. The van der Waals surface area contributed by atoms with Crippen molar-refractivity contribution in [3.63, 3.8) is 0 Å². The molecule has 0 fully saturated rings. The van der Waals surface area contributed by atoms with Crippen LogP contribution in [0.15, 0.2) is 66.9 Å². The van der Waals surface area contributed by atoms with Crippen molar-refractivity contribution in [2.75, 3.05) is 5.32 Å². The van der Waals surface area contributed by atoms with Gasteiger partial charge in [-0.2, -0.15) is 13.2 Å².